The molecule has 0 saturated heterocycles. The van der Waals surface area contributed by atoms with E-state index in [2.05, 4.69) is 16.6 Å². The third-order valence-electron chi connectivity index (χ3n) is 2.60. The van der Waals surface area contributed by atoms with Crippen molar-refractivity contribution in [3.8, 4) is 11.8 Å². The van der Waals surface area contributed by atoms with Gasteiger partial charge in [-0.3, -0.25) is 0 Å². The Labute approximate surface area is 115 Å². The van der Waals surface area contributed by atoms with E-state index in [0.717, 1.165) is 6.07 Å². The number of hydrogen-bond acceptors (Lipinski definition) is 2. The summed E-state index contributed by atoms with van der Waals surface area (Å²) in [4.78, 5) is 11.2. The van der Waals surface area contributed by atoms with E-state index in [0.29, 0.717) is 0 Å². The summed E-state index contributed by atoms with van der Waals surface area (Å²) in [5, 5.41) is 0. The van der Waals surface area contributed by atoms with Gasteiger partial charge in [-0.15, -0.1) is 0 Å². The molecule has 100 valence electrons. The summed E-state index contributed by atoms with van der Waals surface area (Å²) < 4.78 is 31.6. The van der Waals surface area contributed by atoms with Crippen molar-refractivity contribution in [2.75, 3.05) is 7.11 Å². The van der Waals surface area contributed by atoms with Crippen molar-refractivity contribution in [2.45, 2.75) is 0 Å². The first-order valence-corrected chi connectivity index (χ1v) is 5.76. The van der Waals surface area contributed by atoms with E-state index in [4.69, 9.17) is 0 Å². The van der Waals surface area contributed by atoms with E-state index >= 15 is 0 Å². The van der Waals surface area contributed by atoms with Gasteiger partial charge in [0.15, 0.2) is 0 Å². The molecule has 0 amide bonds. The van der Waals surface area contributed by atoms with E-state index in [1.165, 1.54) is 31.4 Å². The molecule has 2 aromatic rings. The van der Waals surface area contributed by atoms with Crippen molar-refractivity contribution in [3.63, 3.8) is 0 Å². The maximum absolute atomic E-state index is 13.7. The maximum atomic E-state index is 13.7. The zero-order valence-electron chi connectivity index (χ0n) is 10.6. The van der Waals surface area contributed by atoms with Gasteiger partial charge in [0.25, 0.3) is 0 Å². The third kappa shape index (κ3) is 3.01. The lowest BCUT2D eigenvalue weighted by Crippen LogP contribution is -2.02. The number of benzene rings is 2. The molecular formula is C16H10F2O2. The lowest BCUT2D eigenvalue weighted by atomic mass is 10.1. The van der Waals surface area contributed by atoms with Crippen LogP contribution >= 0.6 is 0 Å². The molecule has 0 aromatic heterocycles. The van der Waals surface area contributed by atoms with Crippen LogP contribution in [0.3, 0.4) is 0 Å². The van der Waals surface area contributed by atoms with Crippen molar-refractivity contribution >= 4 is 5.97 Å². The van der Waals surface area contributed by atoms with Crippen LogP contribution in [0.4, 0.5) is 8.78 Å². The normalized spacial score (nSPS) is 9.55. The minimum Gasteiger partial charge on any atom is -0.465 e. The Bertz CT molecular complexity index is 712. The molecule has 0 aliphatic rings. The van der Waals surface area contributed by atoms with Gasteiger partial charge in [-0.2, -0.15) is 0 Å². The SMILES string of the molecule is COC(=O)c1ccc(C#Cc2ccccc2F)c(F)c1. The van der Waals surface area contributed by atoms with Crippen molar-refractivity contribution < 1.29 is 18.3 Å². The standard InChI is InChI=1S/C16H10F2O2/c1-20-16(19)13-9-8-12(15(18)10-13)7-6-11-4-2-3-5-14(11)17/h2-5,8-10H,1H3. The van der Waals surface area contributed by atoms with Crippen molar-refractivity contribution in [1.29, 1.82) is 0 Å². The van der Waals surface area contributed by atoms with Gasteiger partial charge >= 0.3 is 5.97 Å². The average molecular weight is 272 g/mol. The number of methoxy groups -OCH3 is 1. The highest BCUT2D eigenvalue weighted by Gasteiger charge is 2.08. The lowest BCUT2D eigenvalue weighted by Gasteiger charge is -2.00. The third-order valence-corrected chi connectivity index (χ3v) is 2.60. The number of carbonyl (C=O) groups is 1. The minimum atomic E-state index is -0.656. The van der Waals surface area contributed by atoms with Gasteiger partial charge in [0.05, 0.1) is 23.8 Å². The van der Waals surface area contributed by atoms with Crippen LogP contribution in [-0.2, 0) is 4.74 Å². The predicted octanol–water partition coefficient (Wildman–Crippen LogP) is 3.15. The Morgan fingerprint density at radius 3 is 2.25 bits per heavy atom. The zero-order chi connectivity index (χ0) is 14.5. The Morgan fingerprint density at radius 1 is 1.00 bits per heavy atom. The summed E-state index contributed by atoms with van der Waals surface area (Å²) in [6.07, 6.45) is 0. The predicted molar refractivity (Wildman–Crippen MR) is 70.1 cm³/mol. The first-order valence-electron chi connectivity index (χ1n) is 5.76. The van der Waals surface area contributed by atoms with Gasteiger partial charge in [-0.05, 0) is 30.3 Å². The molecule has 2 rings (SSSR count). The smallest absolute Gasteiger partial charge is 0.337 e. The highest BCUT2D eigenvalue weighted by Crippen LogP contribution is 2.11. The fourth-order valence-electron chi connectivity index (χ4n) is 1.56. The van der Waals surface area contributed by atoms with Crippen molar-refractivity contribution in [1.82, 2.24) is 0 Å². The molecule has 0 fully saturated rings. The fraction of sp³-hybridized carbons (Fsp3) is 0.0625. The second-order valence-corrected chi connectivity index (χ2v) is 3.92. The maximum Gasteiger partial charge on any atom is 0.337 e. The molecule has 0 spiro atoms. The van der Waals surface area contributed by atoms with Crippen LogP contribution in [0.15, 0.2) is 42.5 Å². The summed E-state index contributed by atoms with van der Waals surface area (Å²) in [6.45, 7) is 0. The van der Waals surface area contributed by atoms with Crippen molar-refractivity contribution in [2.24, 2.45) is 0 Å². The molecular weight excluding hydrogens is 262 g/mol. The van der Waals surface area contributed by atoms with E-state index in [9.17, 15) is 13.6 Å². The first kappa shape index (κ1) is 13.8. The lowest BCUT2D eigenvalue weighted by molar-refractivity contribution is 0.0600. The Hall–Kier alpha value is -2.67. The largest absolute Gasteiger partial charge is 0.465 e. The molecule has 2 aromatic carbocycles. The average Bonchev–Trinajstić information content (AvgIpc) is 2.46. The van der Waals surface area contributed by atoms with Crippen LogP contribution in [0.1, 0.15) is 21.5 Å². The number of ether oxygens (including phenoxy) is 1. The molecule has 0 bridgehead atoms. The van der Waals surface area contributed by atoms with Gasteiger partial charge in [0.1, 0.15) is 11.6 Å². The first-order chi connectivity index (χ1) is 9.61. The summed E-state index contributed by atoms with van der Waals surface area (Å²) in [5.74, 6) is 3.34. The monoisotopic (exact) mass is 272 g/mol. The Kier molecular flexibility index (Phi) is 4.11. The molecule has 0 aliphatic heterocycles. The van der Waals surface area contributed by atoms with Gasteiger partial charge < -0.3 is 4.74 Å². The zero-order valence-corrected chi connectivity index (χ0v) is 10.6. The fourth-order valence-corrected chi connectivity index (χ4v) is 1.56. The topological polar surface area (TPSA) is 26.3 Å². The van der Waals surface area contributed by atoms with Crippen LogP contribution < -0.4 is 0 Å². The Balaban J connectivity index is 2.32. The highest BCUT2D eigenvalue weighted by atomic mass is 19.1. The number of halogens is 2. The van der Waals surface area contributed by atoms with Gasteiger partial charge in [-0.1, -0.05) is 24.0 Å². The minimum absolute atomic E-state index is 0.0842. The molecule has 0 atom stereocenters. The second-order valence-electron chi connectivity index (χ2n) is 3.92. The van der Waals surface area contributed by atoms with Gasteiger partial charge in [-0.25, -0.2) is 13.6 Å². The van der Waals surface area contributed by atoms with E-state index in [1.54, 1.807) is 12.1 Å². The van der Waals surface area contributed by atoms with Gasteiger partial charge in [0, 0.05) is 0 Å². The van der Waals surface area contributed by atoms with E-state index in [1.807, 2.05) is 0 Å². The molecule has 0 N–H and O–H groups in total. The molecule has 20 heavy (non-hydrogen) atoms. The number of rotatable bonds is 1. The highest BCUT2D eigenvalue weighted by molar-refractivity contribution is 5.89. The summed E-state index contributed by atoms with van der Waals surface area (Å²) in [5.41, 5.74) is 0.367. The molecule has 0 aliphatic carbocycles. The van der Waals surface area contributed by atoms with Crippen LogP contribution in [0, 0.1) is 23.5 Å². The number of hydrogen-bond donors (Lipinski definition) is 0. The van der Waals surface area contributed by atoms with Gasteiger partial charge in [0.2, 0.25) is 0 Å². The number of esters is 1. The molecule has 0 radical (unpaired) electrons. The summed E-state index contributed by atoms with van der Waals surface area (Å²) >= 11 is 0. The van der Waals surface area contributed by atoms with E-state index < -0.39 is 17.6 Å². The molecule has 4 heteroatoms. The van der Waals surface area contributed by atoms with Crippen LogP contribution in [0.2, 0.25) is 0 Å². The van der Waals surface area contributed by atoms with Crippen LogP contribution in [0.5, 0.6) is 0 Å². The molecule has 0 unspecified atom stereocenters. The van der Waals surface area contributed by atoms with Crippen molar-refractivity contribution in [3.05, 3.63) is 70.8 Å². The molecule has 0 saturated carbocycles. The van der Waals surface area contributed by atoms with Crippen LogP contribution in [0.25, 0.3) is 0 Å². The van der Waals surface area contributed by atoms with Crippen LogP contribution in [-0.4, -0.2) is 13.1 Å². The molecule has 0 heterocycles. The molecule has 2 nitrogen and oxygen atoms in total. The van der Waals surface area contributed by atoms with E-state index in [-0.39, 0.29) is 16.7 Å². The quantitative estimate of drug-likeness (QED) is 0.589. The summed E-state index contributed by atoms with van der Waals surface area (Å²) in [6, 6.07) is 9.77. The summed E-state index contributed by atoms with van der Waals surface area (Å²) in [7, 11) is 1.21. The number of carbonyl (C=O) groups excluding carboxylic acids is 1. The Morgan fingerprint density at radius 2 is 1.65 bits per heavy atom. The second kappa shape index (κ2) is 5.98.